The van der Waals surface area contributed by atoms with Gasteiger partial charge in [-0.25, -0.2) is 4.79 Å². The minimum absolute atomic E-state index is 0.0261. The molecule has 0 radical (unpaired) electrons. The van der Waals surface area contributed by atoms with Gasteiger partial charge in [0.05, 0.1) is 18.1 Å². The van der Waals surface area contributed by atoms with E-state index in [0.29, 0.717) is 5.76 Å². The molecule has 0 bridgehead atoms. The van der Waals surface area contributed by atoms with Crippen LogP contribution in [-0.2, 0) is 16.0 Å². The average Bonchev–Trinajstić information content (AvgIpc) is 3.27. The summed E-state index contributed by atoms with van der Waals surface area (Å²) in [6, 6.07) is 2.02. The topological polar surface area (TPSA) is 59.7 Å². The maximum absolute atomic E-state index is 11.4. The third kappa shape index (κ3) is 7.80. The van der Waals surface area contributed by atoms with Crippen molar-refractivity contribution in [2.75, 3.05) is 0 Å². The zero-order valence-electron chi connectivity index (χ0n) is 18.2. The number of carbonyl (C=O) groups excluding carboxylic acids is 1. The van der Waals surface area contributed by atoms with E-state index in [1.807, 2.05) is 18.4 Å². The number of esters is 1. The monoisotopic (exact) mass is 398 g/mol. The molecule has 1 aliphatic heterocycles. The van der Waals surface area contributed by atoms with Crippen molar-refractivity contribution in [3.8, 4) is 0 Å². The molecule has 0 unspecified atom stereocenters. The Bertz CT molecular complexity index is 791. The van der Waals surface area contributed by atoms with Crippen LogP contribution in [0.2, 0.25) is 0 Å². The Balaban J connectivity index is 1.64. The van der Waals surface area contributed by atoms with Gasteiger partial charge in [0.2, 0.25) is 0 Å². The van der Waals surface area contributed by atoms with E-state index in [1.54, 1.807) is 13.2 Å². The summed E-state index contributed by atoms with van der Waals surface area (Å²) >= 11 is 0. The predicted octanol–water partition coefficient (Wildman–Crippen LogP) is 6.96. The summed E-state index contributed by atoms with van der Waals surface area (Å²) in [4.78, 5) is 11.4. The van der Waals surface area contributed by atoms with Crippen LogP contribution in [-0.4, -0.2) is 11.1 Å². The number of rotatable bonds is 11. The van der Waals surface area contributed by atoms with Crippen LogP contribution in [0.5, 0.6) is 0 Å². The van der Waals surface area contributed by atoms with Crippen LogP contribution in [0.25, 0.3) is 0 Å². The van der Waals surface area contributed by atoms with Gasteiger partial charge in [-0.1, -0.05) is 30.2 Å². The number of cyclic esters (lactones) is 1. The quantitative estimate of drug-likeness (QED) is 0.323. The van der Waals surface area contributed by atoms with Crippen molar-refractivity contribution in [1.29, 1.82) is 0 Å². The minimum Gasteiger partial charge on any atom is -0.504 e. The van der Waals surface area contributed by atoms with E-state index in [4.69, 9.17) is 9.15 Å². The standard InChI is InChI=1S/C25H34O4/c1-18(8-5-9-19(2)11-7-13-22-14-15-28-17-22)10-6-12-20(3)16-23-24(26)21(4)25(27)29-23/h10-11,14-17,20,26H,5-9,12-13H2,1-4H3/b18-10-,19-11-,23-16-/t20-/m1/s1. The van der Waals surface area contributed by atoms with Crippen molar-refractivity contribution in [3.05, 3.63) is 70.6 Å². The van der Waals surface area contributed by atoms with Gasteiger partial charge < -0.3 is 14.3 Å². The number of ether oxygens (including phenoxy) is 1. The van der Waals surface area contributed by atoms with Crippen LogP contribution in [0.3, 0.4) is 0 Å². The lowest BCUT2D eigenvalue weighted by Crippen LogP contribution is -1.97. The fourth-order valence-electron chi connectivity index (χ4n) is 3.32. The van der Waals surface area contributed by atoms with Gasteiger partial charge in [-0.3, -0.25) is 0 Å². The maximum atomic E-state index is 11.4. The molecule has 0 fully saturated rings. The van der Waals surface area contributed by atoms with Gasteiger partial charge in [-0.2, -0.15) is 0 Å². The van der Waals surface area contributed by atoms with E-state index in [0.717, 1.165) is 38.5 Å². The number of hydrogen-bond acceptors (Lipinski definition) is 4. The number of carbonyl (C=O) groups is 1. The number of hydrogen-bond donors (Lipinski definition) is 1. The highest BCUT2D eigenvalue weighted by Crippen LogP contribution is 2.26. The second-order valence-electron chi connectivity index (χ2n) is 8.07. The second kappa shape index (κ2) is 11.5. The van der Waals surface area contributed by atoms with Gasteiger partial charge in [0.25, 0.3) is 0 Å². The van der Waals surface area contributed by atoms with E-state index in [-0.39, 0.29) is 17.3 Å². The van der Waals surface area contributed by atoms with Crippen LogP contribution in [0.1, 0.15) is 71.8 Å². The lowest BCUT2D eigenvalue weighted by atomic mass is 10.0. The van der Waals surface area contributed by atoms with Crippen molar-refractivity contribution in [1.82, 2.24) is 0 Å². The Morgan fingerprint density at radius 2 is 1.86 bits per heavy atom. The molecule has 1 atom stereocenters. The van der Waals surface area contributed by atoms with Crippen LogP contribution < -0.4 is 0 Å². The van der Waals surface area contributed by atoms with E-state index < -0.39 is 5.97 Å². The predicted molar refractivity (Wildman–Crippen MR) is 116 cm³/mol. The molecule has 0 saturated heterocycles. The maximum Gasteiger partial charge on any atom is 0.343 e. The first-order chi connectivity index (χ1) is 13.9. The van der Waals surface area contributed by atoms with Crippen molar-refractivity contribution in [2.45, 2.75) is 72.6 Å². The lowest BCUT2D eigenvalue weighted by Gasteiger charge is -2.07. The molecule has 0 saturated carbocycles. The number of aryl methyl sites for hydroxylation is 1. The molecular formula is C25H34O4. The summed E-state index contributed by atoms with van der Waals surface area (Å²) in [5, 5.41) is 9.88. The first-order valence-electron chi connectivity index (χ1n) is 10.5. The molecule has 1 aromatic heterocycles. The summed E-state index contributed by atoms with van der Waals surface area (Å²) < 4.78 is 10.2. The van der Waals surface area contributed by atoms with Gasteiger partial charge >= 0.3 is 5.97 Å². The normalized spacial score (nSPS) is 17.9. The third-order valence-corrected chi connectivity index (χ3v) is 5.30. The van der Waals surface area contributed by atoms with Crippen LogP contribution in [0.4, 0.5) is 0 Å². The molecule has 1 N–H and O–H groups in total. The van der Waals surface area contributed by atoms with Crippen molar-refractivity contribution < 1.29 is 19.1 Å². The molecule has 0 aromatic carbocycles. The number of aliphatic hydroxyl groups excluding tert-OH is 1. The molecule has 0 aliphatic carbocycles. The third-order valence-electron chi connectivity index (χ3n) is 5.30. The van der Waals surface area contributed by atoms with Crippen LogP contribution in [0, 0.1) is 5.92 Å². The lowest BCUT2D eigenvalue weighted by molar-refractivity contribution is -0.133. The van der Waals surface area contributed by atoms with Gasteiger partial charge in [0.15, 0.2) is 11.5 Å². The SMILES string of the molecule is CC1=C(O)/C(=C/[C@H](C)CC/C=C(/C)CCC/C(C)=C\CCc2ccoc2)OC1=O. The smallest absolute Gasteiger partial charge is 0.343 e. The Hall–Kier alpha value is -2.49. The minimum atomic E-state index is -0.456. The van der Waals surface area contributed by atoms with E-state index >= 15 is 0 Å². The van der Waals surface area contributed by atoms with Gasteiger partial charge in [0.1, 0.15) is 0 Å². The zero-order chi connectivity index (χ0) is 21.2. The molecule has 0 spiro atoms. The summed E-state index contributed by atoms with van der Waals surface area (Å²) in [5.41, 5.74) is 4.41. The van der Waals surface area contributed by atoms with Crippen molar-refractivity contribution >= 4 is 5.97 Å². The van der Waals surface area contributed by atoms with Gasteiger partial charge in [-0.05, 0) is 89.3 Å². The molecule has 0 amide bonds. The van der Waals surface area contributed by atoms with Gasteiger partial charge in [0, 0.05) is 0 Å². The van der Waals surface area contributed by atoms with E-state index in [9.17, 15) is 9.90 Å². The number of allylic oxidation sites excluding steroid dienone is 5. The molecular weight excluding hydrogens is 364 g/mol. The second-order valence-corrected chi connectivity index (χ2v) is 8.07. The van der Waals surface area contributed by atoms with Gasteiger partial charge in [-0.15, -0.1) is 0 Å². The first-order valence-corrected chi connectivity index (χ1v) is 10.5. The molecule has 4 nitrogen and oxygen atoms in total. The number of furan rings is 1. The highest BCUT2D eigenvalue weighted by atomic mass is 16.6. The van der Waals surface area contributed by atoms with Crippen molar-refractivity contribution in [2.24, 2.45) is 5.92 Å². The highest BCUT2D eigenvalue weighted by Gasteiger charge is 2.26. The Morgan fingerprint density at radius 1 is 1.17 bits per heavy atom. The molecule has 1 aromatic rings. The van der Waals surface area contributed by atoms with Crippen molar-refractivity contribution in [3.63, 3.8) is 0 Å². The summed E-state index contributed by atoms with van der Waals surface area (Å²) in [6.07, 6.45) is 17.5. The fourth-order valence-corrected chi connectivity index (χ4v) is 3.32. The van der Waals surface area contributed by atoms with Crippen LogP contribution >= 0.6 is 0 Å². The summed E-state index contributed by atoms with van der Waals surface area (Å²) in [6.45, 7) is 8.05. The summed E-state index contributed by atoms with van der Waals surface area (Å²) in [7, 11) is 0. The summed E-state index contributed by atoms with van der Waals surface area (Å²) in [5.74, 6) is 0.0512. The Labute approximate surface area is 174 Å². The molecule has 1 aliphatic rings. The zero-order valence-corrected chi connectivity index (χ0v) is 18.2. The van der Waals surface area contributed by atoms with Crippen LogP contribution in [0.15, 0.2) is 69.5 Å². The number of aliphatic hydroxyl groups is 1. The fraction of sp³-hybridized carbons (Fsp3) is 0.480. The Kier molecular flexibility index (Phi) is 9.04. The first kappa shape index (κ1) is 22.8. The average molecular weight is 399 g/mol. The van der Waals surface area contributed by atoms with E-state index in [1.165, 1.54) is 23.1 Å². The molecule has 29 heavy (non-hydrogen) atoms. The van der Waals surface area contributed by atoms with E-state index in [2.05, 4.69) is 32.9 Å². The molecule has 2 heterocycles. The molecule has 2 rings (SSSR count). The largest absolute Gasteiger partial charge is 0.504 e. The Morgan fingerprint density at radius 3 is 2.45 bits per heavy atom. The molecule has 158 valence electrons. The highest BCUT2D eigenvalue weighted by molar-refractivity contribution is 5.93. The molecule has 4 heteroatoms.